The highest BCUT2D eigenvalue weighted by molar-refractivity contribution is 5.49. The van der Waals surface area contributed by atoms with Gasteiger partial charge in [-0.05, 0) is 24.3 Å². The average molecular weight is 126 g/mol. The fraction of sp³-hybridized carbons (Fsp3) is 0. The first kappa shape index (κ1) is 5.88. The molecule has 0 spiro atoms. The van der Waals surface area contributed by atoms with Gasteiger partial charge in [-0.15, -0.1) is 4.48 Å². The van der Waals surface area contributed by atoms with Gasteiger partial charge in [-0.25, -0.2) is 5.54 Å². The Balaban J connectivity index is 2.88. The molecule has 0 aromatic heterocycles. The van der Waals surface area contributed by atoms with Crippen LogP contribution >= 0.6 is 0 Å². The van der Waals surface area contributed by atoms with Crippen LogP contribution in [-0.2, 0) is 0 Å². The molecule has 0 saturated heterocycles. The number of nitrogens with two attached hydrogens (primary N) is 1. The molecule has 2 nitrogen and oxygen atoms in total. The number of nitrogens with one attached hydrogen (secondary N) is 1. The van der Waals surface area contributed by atoms with Gasteiger partial charge in [0.1, 0.15) is 0 Å². The minimum atomic E-state index is 0.421. The first-order valence-electron chi connectivity index (χ1n) is 2.55. The van der Waals surface area contributed by atoms with E-state index in [0.29, 0.717) is 11.4 Å². The number of hydrogen-bond donors (Lipinski definition) is 2. The number of hydrogen-bond acceptors (Lipinski definition) is 2. The van der Waals surface area contributed by atoms with E-state index in [2.05, 4.69) is 0 Å². The van der Waals surface area contributed by atoms with E-state index in [0.717, 1.165) is 0 Å². The van der Waals surface area contributed by atoms with Crippen LogP contribution in [-0.4, -0.2) is 0 Å². The van der Waals surface area contributed by atoms with E-state index in [1.54, 1.807) is 24.3 Å². The lowest BCUT2D eigenvalue weighted by atomic mass is 10.3. The molecule has 3 heteroatoms. The summed E-state index contributed by atoms with van der Waals surface area (Å²) in [5, 5.41) is 0. The molecule has 0 amide bonds. The Morgan fingerprint density at radius 1 is 1.22 bits per heavy atom. The second-order valence-electron chi connectivity index (χ2n) is 1.72. The van der Waals surface area contributed by atoms with E-state index in [4.69, 9.17) is 5.73 Å². The Morgan fingerprint density at radius 3 is 2.22 bits per heavy atom. The van der Waals surface area contributed by atoms with Gasteiger partial charge in [0.05, 0.1) is 5.69 Å². The summed E-state index contributed by atoms with van der Waals surface area (Å²) in [7, 11) is 0. The highest BCUT2D eigenvalue weighted by Gasteiger charge is 1.86. The highest BCUT2D eigenvalue weighted by atomic mass is 19.2. The van der Waals surface area contributed by atoms with Crippen LogP contribution in [0.4, 0.5) is 15.9 Å². The molecule has 0 aliphatic rings. The number of anilines is 2. The summed E-state index contributed by atoms with van der Waals surface area (Å²) in [5.74, 6) is 0. The molecule has 3 N–H and O–H groups in total. The molecule has 48 valence electrons. The summed E-state index contributed by atoms with van der Waals surface area (Å²) in [6, 6.07) is 6.38. The maximum atomic E-state index is 11.6. The van der Waals surface area contributed by atoms with Crippen molar-refractivity contribution < 1.29 is 4.48 Å². The van der Waals surface area contributed by atoms with Crippen LogP contribution in [0.1, 0.15) is 0 Å². The molecule has 1 rings (SSSR count). The van der Waals surface area contributed by atoms with Crippen LogP contribution in [0.5, 0.6) is 0 Å². The summed E-state index contributed by atoms with van der Waals surface area (Å²) < 4.78 is 11.6. The molecule has 1 aromatic rings. The van der Waals surface area contributed by atoms with Gasteiger partial charge in [-0.3, -0.25) is 0 Å². The molecule has 0 bridgehead atoms. The zero-order chi connectivity index (χ0) is 6.69. The highest BCUT2D eigenvalue weighted by Crippen LogP contribution is 2.09. The SMILES string of the molecule is Nc1ccc(NF)cc1. The Labute approximate surface area is 52.4 Å². The summed E-state index contributed by atoms with van der Waals surface area (Å²) in [5.41, 5.74) is 7.88. The summed E-state index contributed by atoms with van der Waals surface area (Å²) in [4.78, 5) is 0. The van der Waals surface area contributed by atoms with E-state index >= 15 is 0 Å². The number of benzene rings is 1. The van der Waals surface area contributed by atoms with Gasteiger partial charge >= 0.3 is 0 Å². The Hall–Kier alpha value is -1.25. The standard InChI is InChI=1S/C6H7FN2/c7-9-6-3-1-5(8)2-4-6/h1-4,9H,8H2. The summed E-state index contributed by atoms with van der Waals surface area (Å²) >= 11 is 0. The largest absolute Gasteiger partial charge is 0.399 e. The fourth-order valence-electron chi connectivity index (χ4n) is 0.546. The van der Waals surface area contributed by atoms with Crippen LogP contribution in [0.2, 0.25) is 0 Å². The quantitative estimate of drug-likeness (QED) is 0.442. The van der Waals surface area contributed by atoms with Crippen LogP contribution in [0.15, 0.2) is 24.3 Å². The lowest BCUT2D eigenvalue weighted by Gasteiger charge is -1.94. The molecule has 1 aromatic carbocycles. The maximum Gasteiger partial charge on any atom is 0.0657 e. The fourth-order valence-corrected chi connectivity index (χ4v) is 0.546. The molecular formula is C6H7FN2. The first-order chi connectivity index (χ1) is 4.33. The molecule has 9 heavy (non-hydrogen) atoms. The van der Waals surface area contributed by atoms with Crippen molar-refractivity contribution in [3.8, 4) is 0 Å². The van der Waals surface area contributed by atoms with Gasteiger partial charge in [-0.2, -0.15) is 0 Å². The van der Waals surface area contributed by atoms with Crippen LogP contribution in [0.25, 0.3) is 0 Å². The smallest absolute Gasteiger partial charge is 0.0657 e. The van der Waals surface area contributed by atoms with Crippen molar-refractivity contribution in [2.24, 2.45) is 0 Å². The van der Waals surface area contributed by atoms with Crippen molar-refractivity contribution in [3.63, 3.8) is 0 Å². The second kappa shape index (κ2) is 2.35. The third-order valence-electron chi connectivity index (χ3n) is 1.02. The number of rotatable bonds is 1. The zero-order valence-corrected chi connectivity index (χ0v) is 4.76. The minimum absolute atomic E-state index is 0.421. The number of halogens is 1. The number of nitrogen functional groups attached to an aromatic ring is 1. The topological polar surface area (TPSA) is 38.0 Å². The van der Waals surface area contributed by atoms with Gasteiger partial charge in [0, 0.05) is 5.69 Å². The van der Waals surface area contributed by atoms with Gasteiger partial charge < -0.3 is 5.73 Å². The molecular weight excluding hydrogens is 119 g/mol. The van der Waals surface area contributed by atoms with Gasteiger partial charge in [0.15, 0.2) is 0 Å². The zero-order valence-electron chi connectivity index (χ0n) is 4.76. The molecule has 0 atom stereocenters. The predicted octanol–water partition coefficient (Wildman–Crippen LogP) is 1.57. The Morgan fingerprint density at radius 2 is 1.78 bits per heavy atom. The monoisotopic (exact) mass is 126 g/mol. The molecule has 0 aliphatic heterocycles. The van der Waals surface area contributed by atoms with Gasteiger partial charge in [0.25, 0.3) is 0 Å². The van der Waals surface area contributed by atoms with Crippen molar-refractivity contribution >= 4 is 11.4 Å². The van der Waals surface area contributed by atoms with E-state index in [9.17, 15) is 4.48 Å². The first-order valence-corrected chi connectivity index (χ1v) is 2.55. The van der Waals surface area contributed by atoms with Crippen LogP contribution in [0.3, 0.4) is 0 Å². The van der Waals surface area contributed by atoms with Gasteiger partial charge in [0.2, 0.25) is 0 Å². The Kier molecular flexibility index (Phi) is 1.53. The summed E-state index contributed by atoms with van der Waals surface area (Å²) in [6.45, 7) is 0. The van der Waals surface area contributed by atoms with Crippen molar-refractivity contribution in [1.82, 2.24) is 0 Å². The normalized spacial score (nSPS) is 9.00. The third kappa shape index (κ3) is 1.32. The van der Waals surface area contributed by atoms with Crippen molar-refractivity contribution in [2.45, 2.75) is 0 Å². The van der Waals surface area contributed by atoms with Crippen molar-refractivity contribution in [2.75, 3.05) is 11.3 Å². The molecule has 0 aliphatic carbocycles. The molecule has 0 heterocycles. The third-order valence-corrected chi connectivity index (χ3v) is 1.02. The van der Waals surface area contributed by atoms with Crippen molar-refractivity contribution in [3.05, 3.63) is 24.3 Å². The van der Waals surface area contributed by atoms with E-state index in [1.807, 2.05) is 0 Å². The minimum Gasteiger partial charge on any atom is -0.399 e. The Bertz CT molecular complexity index is 183. The predicted molar refractivity (Wildman–Crippen MR) is 35.6 cm³/mol. The lowest BCUT2D eigenvalue weighted by molar-refractivity contribution is 0.618. The van der Waals surface area contributed by atoms with Crippen LogP contribution < -0.4 is 11.3 Å². The summed E-state index contributed by atoms with van der Waals surface area (Å²) in [6.07, 6.45) is 0. The van der Waals surface area contributed by atoms with Crippen molar-refractivity contribution in [1.29, 1.82) is 0 Å². The average Bonchev–Trinajstić information content (AvgIpc) is 1.90. The molecule has 0 unspecified atom stereocenters. The second-order valence-corrected chi connectivity index (χ2v) is 1.72. The van der Waals surface area contributed by atoms with E-state index < -0.39 is 0 Å². The van der Waals surface area contributed by atoms with E-state index in [1.165, 1.54) is 5.54 Å². The van der Waals surface area contributed by atoms with Crippen LogP contribution in [0, 0.1) is 0 Å². The maximum absolute atomic E-state index is 11.6. The molecule has 0 radical (unpaired) electrons. The molecule has 0 fully saturated rings. The lowest BCUT2D eigenvalue weighted by Crippen LogP contribution is -1.84. The molecule has 0 saturated carbocycles. The van der Waals surface area contributed by atoms with Gasteiger partial charge in [-0.1, -0.05) is 0 Å². The van der Waals surface area contributed by atoms with E-state index in [-0.39, 0.29) is 0 Å².